The maximum absolute atomic E-state index is 14.2. The molecule has 1 heterocycles. The summed E-state index contributed by atoms with van der Waals surface area (Å²) in [7, 11) is 0. The van der Waals surface area contributed by atoms with Gasteiger partial charge in [0.15, 0.2) is 6.10 Å². The van der Waals surface area contributed by atoms with E-state index < -0.39 is 12.1 Å². The van der Waals surface area contributed by atoms with Gasteiger partial charge in [-0.1, -0.05) is 56.6 Å². The third-order valence-electron chi connectivity index (χ3n) is 6.45. The highest BCUT2D eigenvalue weighted by atomic mass is 35.5. The molecule has 37 heavy (non-hydrogen) atoms. The van der Waals surface area contributed by atoms with Gasteiger partial charge in [0.2, 0.25) is 5.91 Å². The van der Waals surface area contributed by atoms with E-state index in [1.54, 1.807) is 30.3 Å². The first kappa shape index (κ1) is 26.7. The Balaban J connectivity index is 1.64. The average Bonchev–Trinajstić information content (AvgIpc) is 2.86. The molecule has 7 heteroatoms. The van der Waals surface area contributed by atoms with E-state index in [0.717, 1.165) is 11.1 Å². The fraction of sp³-hybridized carbons (Fsp3) is 0.333. The van der Waals surface area contributed by atoms with Gasteiger partial charge in [-0.2, -0.15) is 0 Å². The van der Waals surface area contributed by atoms with Gasteiger partial charge in [-0.05, 0) is 77.9 Å². The number of anilines is 1. The van der Waals surface area contributed by atoms with Crippen molar-refractivity contribution < 1.29 is 18.7 Å². The van der Waals surface area contributed by atoms with Crippen molar-refractivity contribution in [2.24, 2.45) is 5.92 Å². The number of nitrogens with one attached hydrogen (secondary N) is 1. The van der Waals surface area contributed by atoms with Crippen LogP contribution in [0, 0.1) is 11.7 Å². The summed E-state index contributed by atoms with van der Waals surface area (Å²) in [5.74, 6) is 0.134. The van der Waals surface area contributed by atoms with Crippen LogP contribution in [0.2, 0.25) is 5.02 Å². The van der Waals surface area contributed by atoms with Gasteiger partial charge in [-0.15, -0.1) is 0 Å². The van der Waals surface area contributed by atoms with Gasteiger partial charge in [-0.3, -0.25) is 9.59 Å². The number of carbonyl (C=O) groups excluding carboxylic acids is 2. The normalized spacial score (nSPS) is 15.7. The Labute approximate surface area is 222 Å². The van der Waals surface area contributed by atoms with Gasteiger partial charge >= 0.3 is 0 Å². The van der Waals surface area contributed by atoms with Gasteiger partial charge in [0, 0.05) is 23.7 Å². The van der Waals surface area contributed by atoms with Crippen LogP contribution in [0.3, 0.4) is 0 Å². The number of halogens is 2. The van der Waals surface area contributed by atoms with Crippen molar-refractivity contribution in [1.82, 2.24) is 4.90 Å². The molecule has 0 saturated carbocycles. The number of carbonyl (C=O) groups is 2. The van der Waals surface area contributed by atoms with Crippen molar-refractivity contribution >= 4 is 29.1 Å². The lowest BCUT2D eigenvalue weighted by Gasteiger charge is -2.38. The van der Waals surface area contributed by atoms with Gasteiger partial charge in [-0.25, -0.2) is 4.39 Å². The minimum absolute atomic E-state index is 0.0357. The molecule has 0 fully saturated rings. The minimum atomic E-state index is -0.730. The Kier molecular flexibility index (Phi) is 8.49. The van der Waals surface area contributed by atoms with Gasteiger partial charge in [0.05, 0.1) is 6.04 Å². The Bertz CT molecular complexity index is 1280. The lowest BCUT2D eigenvalue weighted by molar-refractivity contribution is -0.134. The molecule has 1 aliphatic heterocycles. The molecule has 0 saturated heterocycles. The average molecular weight is 523 g/mol. The molecule has 1 N–H and O–H groups in total. The van der Waals surface area contributed by atoms with Crippen molar-refractivity contribution in [3.63, 3.8) is 0 Å². The molecule has 2 unspecified atom stereocenters. The van der Waals surface area contributed by atoms with Crippen LogP contribution < -0.4 is 10.1 Å². The molecular weight excluding hydrogens is 491 g/mol. The maximum atomic E-state index is 14.2. The Morgan fingerprint density at radius 3 is 2.59 bits per heavy atom. The molecule has 3 aromatic rings. The smallest absolute Gasteiger partial charge is 0.265 e. The summed E-state index contributed by atoms with van der Waals surface area (Å²) >= 11 is 6.04. The largest absolute Gasteiger partial charge is 0.481 e. The second-order valence-electron chi connectivity index (χ2n) is 9.77. The van der Waals surface area contributed by atoms with E-state index in [1.807, 2.05) is 49.9 Å². The zero-order valence-electron chi connectivity index (χ0n) is 21.3. The van der Waals surface area contributed by atoms with Gasteiger partial charge in [0.1, 0.15) is 11.6 Å². The molecule has 1 aliphatic rings. The summed E-state index contributed by atoms with van der Waals surface area (Å²) in [6.07, 6.45) is 0.832. The molecule has 0 radical (unpaired) electrons. The number of fused-ring (bicyclic) bond motifs is 1. The number of hydrogen-bond donors (Lipinski definition) is 1. The third kappa shape index (κ3) is 6.50. The molecule has 0 spiro atoms. The molecule has 0 bridgehead atoms. The van der Waals surface area contributed by atoms with Crippen molar-refractivity contribution in [3.8, 4) is 5.75 Å². The topological polar surface area (TPSA) is 58.6 Å². The molecule has 4 rings (SSSR count). The van der Waals surface area contributed by atoms with Crippen molar-refractivity contribution in [2.75, 3.05) is 11.9 Å². The number of nitrogens with zero attached hydrogens (tertiary/aromatic N) is 1. The van der Waals surface area contributed by atoms with Crippen molar-refractivity contribution in [3.05, 3.63) is 94.3 Å². The van der Waals surface area contributed by atoms with E-state index in [9.17, 15) is 14.0 Å². The van der Waals surface area contributed by atoms with E-state index in [1.165, 1.54) is 12.1 Å². The third-order valence-corrected chi connectivity index (χ3v) is 6.68. The molecule has 5 nitrogen and oxygen atoms in total. The first-order valence-electron chi connectivity index (χ1n) is 12.7. The lowest BCUT2D eigenvalue weighted by Crippen LogP contribution is -2.41. The van der Waals surface area contributed by atoms with Crippen molar-refractivity contribution in [1.29, 1.82) is 0 Å². The van der Waals surface area contributed by atoms with E-state index in [-0.39, 0.29) is 23.5 Å². The Morgan fingerprint density at radius 1 is 1.11 bits per heavy atom. The fourth-order valence-electron chi connectivity index (χ4n) is 4.71. The zero-order chi connectivity index (χ0) is 26.5. The van der Waals surface area contributed by atoms with E-state index in [4.69, 9.17) is 16.3 Å². The highest BCUT2D eigenvalue weighted by Gasteiger charge is 2.33. The minimum Gasteiger partial charge on any atom is -0.481 e. The van der Waals surface area contributed by atoms with Crippen LogP contribution in [0.4, 0.5) is 10.1 Å². The standard InChI is InChI=1S/C30H32ClFN2O3/c1-4-27(30(36)33-24-10-6-8-22(31)17-24)37-25-12-11-20-13-14-34(28(35)15-19(2)3)29(26(20)18-25)21-7-5-9-23(32)16-21/h5-12,16-19,27,29H,4,13-15H2,1-3H3,(H,33,36). The summed E-state index contributed by atoms with van der Waals surface area (Å²) in [6, 6.07) is 18.6. The number of ether oxygens (including phenoxy) is 1. The summed E-state index contributed by atoms with van der Waals surface area (Å²) < 4.78 is 20.4. The van der Waals surface area contributed by atoms with E-state index >= 15 is 0 Å². The summed E-state index contributed by atoms with van der Waals surface area (Å²) in [5.41, 5.74) is 3.26. The predicted molar refractivity (Wildman–Crippen MR) is 144 cm³/mol. The lowest BCUT2D eigenvalue weighted by atomic mass is 9.87. The first-order valence-corrected chi connectivity index (χ1v) is 13.0. The predicted octanol–water partition coefficient (Wildman–Crippen LogP) is 6.80. The van der Waals surface area contributed by atoms with Gasteiger partial charge in [0.25, 0.3) is 5.91 Å². The number of hydrogen-bond acceptors (Lipinski definition) is 3. The van der Waals surface area contributed by atoms with Crippen LogP contribution in [0.25, 0.3) is 0 Å². The molecule has 0 aliphatic carbocycles. The zero-order valence-corrected chi connectivity index (χ0v) is 22.1. The van der Waals surface area contributed by atoms with E-state index in [0.29, 0.717) is 47.8 Å². The number of rotatable bonds is 8. The number of benzene rings is 3. The highest BCUT2D eigenvalue weighted by molar-refractivity contribution is 6.30. The molecule has 0 aromatic heterocycles. The quantitative estimate of drug-likeness (QED) is 0.354. The second kappa shape index (κ2) is 11.8. The highest BCUT2D eigenvalue weighted by Crippen LogP contribution is 2.38. The van der Waals surface area contributed by atoms with Crippen LogP contribution in [0.1, 0.15) is 56.3 Å². The molecule has 194 valence electrons. The van der Waals surface area contributed by atoms with Crippen LogP contribution in [0.15, 0.2) is 66.7 Å². The maximum Gasteiger partial charge on any atom is 0.265 e. The Morgan fingerprint density at radius 2 is 1.89 bits per heavy atom. The second-order valence-corrected chi connectivity index (χ2v) is 10.2. The van der Waals surface area contributed by atoms with Crippen LogP contribution in [-0.2, 0) is 16.0 Å². The molecule has 2 amide bonds. The molecular formula is C30H32ClFN2O3. The SMILES string of the molecule is CCC(Oc1ccc2c(c1)C(c1cccc(F)c1)N(C(=O)CC(C)C)CC2)C(=O)Nc1cccc(Cl)c1. The summed E-state index contributed by atoms with van der Waals surface area (Å²) in [5, 5.41) is 3.38. The van der Waals surface area contributed by atoms with Gasteiger partial charge < -0.3 is 15.0 Å². The summed E-state index contributed by atoms with van der Waals surface area (Å²) in [4.78, 5) is 28.0. The van der Waals surface area contributed by atoms with Crippen LogP contribution in [0.5, 0.6) is 5.75 Å². The summed E-state index contributed by atoms with van der Waals surface area (Å²) in [6.45, 7) is 6.46. The van der Waals surface area contributed by atoms with Crippen molar-refractivity contribution in [2.45, 2.75) is 52.2 Å². The Hall–Kier alpha value is -3.38. The van der Waals surface area contributed by atoms with Crippen LogP contribution >= 0.6 is 11.6 Å². The molecule has 3 aromatic carbocycles. The first-order chi connectivity index (χ1) is 17.7. The van der Waals surface area contributed by atoms with Crippen LogP contribution in [-0.4, -0.2) is 29.4 Å². The van der Waals surface area contributed by atoms with E-state index in [2.05, 4.69) is 5.32 Å². The number of amides is 2. The molecule has 2 atom stereocenters. The monoisotopic (exact) mass is 522 g/mol. The fourth-order valence-corrected chi connectivity index (χ4v) is 4.90.